The number of hydrogen-bond donors (Lipinski definition) is 1. The third-order valence-electron chi connectivity index (χ3n) is 4.39. The van der Waals surface area contributed by atoms with Crippen LogP contribution in [0.3, 0.4) is 0 Å². The van der Waals surface area contributed by atoms with E-state index in [4.69, 9.17) is 4.74 Å². The van der Waals surface area contributed by atoms with Gasteiger partial charge in [-0.1, -0.05) is 0 Å². The van der Waals surface area contributed by atoms with Gasteiger partial charge in [-0.3, -0.25) is 9.69 Å². The van der Waals surface area contributed by atoms with Crippen molar-refractivity contribution in [3.8, 4) is 5.75 Å². The van der Waals surface area contributed by atoms with Gasteiger partial charge in [-0.15, -0.1) is 0 Å². The Morgan fingerprint density at radius 3 is 2.62 bits per heavy atom. The zero-order chi connectivity index (χ0) is 16.8. The van der Waals surface area contributed by atoms with E-state index < -0.39 is 0 Å². The van der Waals surface area contributed by atoms with E-state index in [0.717, 1.165) is 18.8 Å². The molecule has 1 atom stereocenters. The number of nitrogens with zero attached hydrogens (tertiary/aromatic N) is 1. The zero-order valence-corrected chi connectivity index (χ0v) is 14.8. The first-order chi connectivity index (χ1) is 11.8. The molecule has 1 aliphatic heterocycles. The van der Waals surface area contributed by atoms with Crippen molar-refractivity contribution in [2.45, 2.75) is 25.8 Å². The second kappa shape index (κ2) is 8.31. The molecule has 0 spiro atoms. The maximum atomic E-state index is 12.4. The summed E-state index contributed by atoms with van der Waals surface area (Å²) in [6.45, 7) is 5.44. The Morgan fingerprint density at radius 1 is 1.25 bits per heavy atom. The number of ether oxygens (including phenoxy) is 1. The molecule has 4 nitrogen and oxygen atoms in total. The third-order valence-corrected chi connectivity index (χ3v) is 5.09. The van der Waals surface area contributed by atoms with E-state index in [0.29, 0.717) is 18.7 Å². The van der Waals surface area contributed by atoms with Gasteiger partial charge in [0, 0.05) is 12.1 Å². The largest absolute Gasteiger partial charge is 0.494 e. The molecular formula is C19H24N2O2S. The molecular weight excluding hydrogens is 320 g/mol. The quantitative estimate of drug-likeness (QED) is 0.832. The van der Waals surface area contributed by atoms with E-state index in [9.17, 15) is 4.79 Å². The van der Waals surface area contributed by atoms with Crippen molar-refractivity contribution in [3.05, 3.63) is 52.2 Å². The van der Waals surface area contributed by atoms with Gasteiger partial charge >= 0.3 is 0 Å². The Labute approximate surface area is 147 Å². The molecule has 2 heterocycles. The SMILES string of the molecule is CCOc1ccc(C(=O)NCC(c2ccsc2)N2CCCC2)cc1. The molecule has 0 bridgehead atoms. The molecule has 1 amide bonds. The highest BCUT2D eigenvalue weighted by molar-refractivity contribution is 7.07. The van der Waals surface area contributed by atoms with Crippen LogP contribution in [-0.2, 0) is 0 Å². The van der Waals surface area contributed by atoms with Gasteiger partial charge < -0.3 is 10.1 Å². The third kappa shape index (κ3) is 4.16. The summed E-state index contributed by atoms with van der Waals surface area (Å²) in [5.74, 6) is 0.764. The van der Waals surface area contributed by atoms with Crippen LogP contribution in [0.4, 0.5) is 0 Å². The minimum atomic E-state index is -0.0301. The van der Waals surface area contributed by atoms with E-state index in [1.165, 1.54) is 18.4 Å². The van der Waals surface area contributed by atoms with E-state index in [-0.39, 0.29) is 11.9 Å². The first-order valence-corrected chi connectivity index (χ1v) is 9.49. The lowest BCUT2D eigenvalue weighted by molar-refractivity contribution is 0.0938. The molecule has 0 aliphatic carbocycles. The summed E-state index contributed by atoms with van der Waals surface area (Å²) < 4.78 is 5.42. The first kappa shape index (κ1) is 17.0. The smallest absolute Gasteiger partial charge is 0.251 e. The fourth-order valence-electron chi connectivity index (χ4n) is 3.14. The van der Waals surface area contributed by atoms with Crippen LogP contribution in [0.25, 0.3) is 0 Å². The number of amides is 1. The predicted molar refractivity (Wildman–Crippen MR) is 97.8 cm³/mol. The van der Waals surface area contributed by atoms with Crippen LogP contribution >= 0.6 is 11.3 Å². The van der Waals surface area contributed by atoms with Crippen molar-refractivity contribution in [1.82, 2.24) is 10.2 Å². The molecule has 1 fully saturated rings. The summed E-state index contributed by atoms with van der Waals surface area (Å²) in [4.78, 5) is 14.9. The molecule has 24 heavy (non-hydrogen) atoms. The van der Waals surface area contributed by atoms with E-state index in [2.05, 4.69) is 27.0 Å². The highest BCUT2D eigenvalue weighted by atomic mass is 32.1. The van der Waals surface area contributed by atoms with Crippen LogP contribution in [0.1, 0.15) is 41.7 Å². The Kier molecular flexibility index (Phi) is 5.88. The lowest BCUT2D eigenvalue weighted by atomic mass is 10.1. The number of carbonyl (C=O) groups is 1. The van der Waals surface area contributed by atoms with Gasteiger partial charge in [-0.25, -0.2) is 0 Å². The topological polar surface area (TPSA) is 41.6 Å². The van der Waals surface area contributed by atoms with Gasteiger partial charge in [-0.2, -0.15) is 11.3 Å². The number of benzene rings is 1. The van der Waals surface area contributed by atoms with Crippen molar-refractivity contribution in [2.75, 3.05) is 26.2 Å². The van der Waals surface area contributed by atoms with Crippen LogP contribution in [0, 0.1) is 0 Å². The summed E-state index contributed by atoms with van der Waals surface area (Å²) in [7, 11) is 0. The highest BCUT2D eigenvalue weighted by Crippen LogP contribution is 2.26. The Hall–Kier alpha value is -1.85. The summed E-state index contributed by atoms with van der Waals surface area (Å²) >= 11 is 1.71. The average molecular weight is 344 g/mol. The predicted octanol–water partition coefficient (Wildman–Crippen LogP) is 3.71. The molecule has 128 valence electrons. The molecule has 1 saturated heterocycles. The second-order valence-corrected chi connectivity index (χ2v) is 6.76. The van der Waals surface area contributed by atoms with Crippen LogP contribution in [0.15, 0.2) is 41.1 Å². The number of carbonyl (C=O) groups excluding carboxylic acids is 1. The Bertz CT molecular complexity index is 634. The fourth-order valence-corrected chi connectivity index (χ4v) is 3.84. The number of hydrogen-bond acceptors (Lipinski definition) is 4. The fraction of sp³-hybridized carbons (Fsp3) is 0.421. The van der Waals surface area contributed by atoms with Crippen molar-refractivity contribution in [2.24, 2.45) is 0 Å². The minimum Gasteiger partial charge on any atom is -0.494 e. The normalized spacial score (nSPS) is 16.0. The van der Waals surface area contributed by atoms with E-state index in [1.54, 1.807) is 11.3 Å². The van der Waals surface area contributed by atoms with Crippen molar-refractivity contribution >= 4 is 17.2 Å². The molecule has 1 N–H and O–H groups in total. The van der Waals surface area contributed by atoms with Gasteiger partial charge in [-0.05, 0) is 79.5 Å². The Balaban J connectivity index is 1.62. The number of rotatable bonds is 7. The number of likely N-dealkylation sites (tertiary alicyclic amines) is 1. The first-order valence-electron chi connectivity index (χ1n) is 8.55. The molecule has 3 rings (SSSR count). The second-order valence-electron chi connectivity index (χ2n) is 5.98. The summed E-state index contributed by atoms with van der Waals surface area (Å²) in [5.41, 5.74) is 1.97. The maximum Gasteiger partial charge on any atom is 0.251 e. The molecule has 1 aliphatic rings. The molecule has 5 heteroatoms. The molecule has 0 saturated carbocycles. The van der Waals surface area contributed by atoms with Gasteiger partial charge in [0.2, 0.25) is 0 Å². The van der Waals surface area contributed by atoms with Crippen LogP contribution in [0.2, 0.25) is 0 Å². The lowest BCUT2D eigenvalue weighted by Gasteiger charge is -2.27. The van der Waals surface area contributed by atoms with Crippen LogP contribution in [0.5, 0.6) is 5.75 Å². The van der Waals surface area contributed by atoms with Gasteiger partial charge in [0.05, 0.1) is 12.6 Å². The van der Waals surface area contributed by atoms with Crippen LogP contribution in [-0.4, -0.2) is 37.0 Å². The molecule has 2 aromatic rings. The molecule has 1 unspecified atom stereocenters. The minimum absolute atomic E-state index is 0.0301. The maximum absolute atomic E-state index is 12.4. The average Bonchev–Trinajstić information content (AvgIpc) is 3.30. The number of nitrogens with one attached hydrogen (secondary N) is 1. The molecule has 0 radical (unpaired) electrons. The van der Waals surface area contributed by atoms with Gasteiger partial charge in [0.25, 0.3) is 5.91 Å². The van der Waals surface area contributed by atoms with Gasteiger partial charge in [0.1, 0.15) is 5.75 Å². The lowest BCUT2D eigenvalue weighted by Crippen LogP contribution is -2.36. The summed E-state index contributed by atoms with van der Waals surface area (Å²) in [5, 5.41) is 7.39. The molecule has 1 aromatic carbocycles. The Morgan fingerprint density at radius 2 is 2.00 bits per heavy atom. The standard InChI is InChI=1S/C19H24N2O2S/c1-2-23-17-7-5-15(6-8-17)19(22)20-13-18(16-9-12-24-14-16)21-10-3-4-11-21/h5-9,12,14,18H,2-4,10-11,13H2,1H3,(H,20,22). The monoisotopic (exact) mass is 344 g/mol. The zero-order valence-electron chi connectivity index (χ0n) is 14.0. The van der Waals surface area contributed by atoms with Crippen molar-refractivity contribution < 1.29 is 9.53 Å². The van der Waals surface area contributed by atoms with E-state index in [1.807, 2.05) is 31.2 Å². The van der Waals surface area contributed by atoms with Crippen molar-refractivity contribution in [3.63, 3.8) is 0 Å². The van der Waals surface area contributed by atoms with Crippen molar-refractivity contribution in [1.29, 1.82) is 0 Å². The summed E-state index contributed by atoms with van der Waals surface area (Å²) in [6.07, 6.45) is 2.49. The van der Waals surface area contributed by atoms with Crippen LogP contribution < -0.4 is 10.1 Å². The molecule has 1 aromatic heterocycles. The highest BCUT2D eigenvalue weighted by Gasteiger charge is 2.24. The number of thiophene rings is 1. The summed E-state index contributed by atoms with van der Waals surface area (Å²) in [6, 6.07) is 9.75. The van der Waals surface area contributed by atoms with E-state index >= 15 is 0 Å². The van der Waals surface area contributed by atoms with Gasteiger partial charge in [0.15, 0.2) is 0 Å².